The predicted molar refractivity (Wildman–Crippen MR) is 90.0 cm³/mol. The molecule has 0 saturated carbocycles. The van der Waals surface area contributed by atoms with Crippen molar-refractivity contribution in [2.24, 2.45) is 10.9 Å². The first-order valence-electron chi connectivity index (χ1n) is 7.85. The SMILES string of the molecule is CCCN(CC)Cc1ccc(C)c(N=C(C)C(C)C)c1. The molecule has 0 amide bonds. The van der Waals surface area contributed by atoms with Crippen molar-refractivity contribution < 1.29 is 0 Å². The number of benzene rings is 1. The number of rotatable bonds is 7. The summed E-state index contributed by atoms with van der Waals surface area (Å²) in [6.45, 7) is 16.4. The van der Waals surface area contributed by atoms with Gasteiger partial charge < -0.3 is 0 Å². The van der Waals surface area contributed by atoms with Gasteiger partial charge in [0.1, 0.15) is 0 Å². The number of aryl methyl sites for hydroxylation is 1. The first kappa shape index (κ1) is 16.9. The molecule has 2 heteroatoms. The Morgan fingerprint density at radius 2 is 1.95 bits per heavy atom. The quantitative estimate of drug-likeness (QED) is 0.641. The van der Waals surface area contributed by atoms with Crippen molar-refractivity contribution in [2.45, 2.75) is 54.5 Å². The lowest BCUT2D eigenvalue weighted by Crippen LogP contribution is -2.23. The van der Waals surface area contributed by atoms with Gasteiger partial charge in [0.15, 0.2) is 0 Å². The maximum atomic E-state index is 4.80. The monoisotopic (exact) mass is 274 g/mol. The van der Waals surface area contributed by atoms with Crippen LogP contribution in [0.15, 0.2) is 23.2 Å². The zero-order valence-corrected chi connectivity index (χ0v) is 14.0. The van der Waals surface area contributed by atoms with Crippen LogP contribution in [-0.2, 0) is 6.54 Å². The standard InChI is InChI=1S/C18H30N2/c1-7-11-20(8-2)13-17-10-9-15(5)18(12-17)19-16(6)14(3)4/h9-10,12,14H,7-8,11,13H2,1-6H3. The third-order valence-corrected chi connectivity index (χ3v) is 3.80. The smallest absolute Gasteiger partial charge is 0.0661 e. The fourth-order valence-electron chi connectivity index (χ4n) is 2.12. The number of aliphatic imine (C=N–C) groups is 1. The van der Waals surface area contributed by atoms with Gasteiger partial charge in [-0.25, -0.2) is 0 Å². The Kier molecular flexibility index (Phi) is 6.94. The molecule has 20 heavy (non-hydrogen) atoms. The van der Waals surface area contributed by atoms with E-state index < -0.39 is 0 Å². The Morgan fingerprint density at radius 1 is 1.25 bits per heavy atom. The topological polar surface area (TPSA) is 15.6 Å². The molecule has 0 spiro atoms. The highest BCUT2D eigenvalue weighted by atomic mass is 15.1. The Morgan fingerprint density at radius 3 is 2.50 bits per heavy atom. The van der Waals surface area contributed by atoms with E-state index in [2.05, 4.69) is 64.6 Å². The van der Waals surface area contributed by atoms with Crippen LogP contribution in [0.5, 0.6) is 0 Å². The zero-order valence-electron chi connectivity index (χ0n) is 14.0. The molecule has 1 rings (SSSR count). The van der Waals surface area contributed by atoms with E-state index in [1.54, 1.807) is 0 Å². The van der Waals surface area contributed by atoms with Crippen molar-refractivity contribution in [2.75, 3.05) is 13.1 Å². The van der Waals surface area contributed by atoms with Gasteiger partial charge in [-0.15, -0.1) is 0 Å². The molecule has 0 radical (unpaired) electrons. The minimum atomic E-state index is 0.505. The lowest BCUT2D eigenvalue weighted by Gasteiger charge is -2.20. The molecule has 0 fully saturated rings. The summed E-state index contributed by atoms with van der Waals surface area (Å²) in [6, 6.07) is 6.68. The summed E-state index contributed by atoms with van der Waals surface area (Å²) in [5.74, 6) is 0.505. The van der Waals surface area contributed by atoms with Crippen LogP contribution in [0.2, 0.25) is 0 Å². The molecule has 0 atom stereocenters. The van der Waals surface area contributed by atoms with Gasteiger partial charge in [-0.05, 0) is 56.5 Å². The lowest BCUT2D eigenvalue weighted by molar-refractivity contribution is 0.280. The van der Waals surface area contributed by atoms with Gasteiger partial charge in [0.05, 0.1) is 5.69 Å². The fourth-order valence-corrected chi connectivity index (χ4v) is 2.12. The van der Waals surface area contributed by atoms with Crippen molar-refractivity contribution >= 4 is 11.4 Å². The molecule has 0 aliphatic heterocycles. The van der Waals surface area contributed by atoms with Crippen LogP contribution in [0.4, 0.5) is 5.69 Å². The molecule has 1 aromatic carbocycles. The van der Waals surface area contributed by atoms with Crippen LogP contribution < -0.4 is 0 Å². The number of nitrogens with zero attached hydrogens (tertiary/aromatic N) is 2. The van der Waals surface area contributed by atoms with E-state index in [4.69, 9.17) is 4.99 Å². The van der Waals surface area contributed by atoms with E-state index in [0.717, 1.165) is 25.3 Å². The van der Waals surface area contributed by atoms with Gasteiger partial charge in [-0.2, -0.15) is 0 Å². The summed E-state index contributed by atoms with van der Waals surface area (Å²) in [5.41, 5.74) is 4.95. The molecule has 0 N–H and O–H groups in total. The van der Waals surface area contributed by atoms with E-state index in [1.165, 1.54) is 23.3 Å². The Balaban J connectivity index is 2.93. The average molecular weight is 274 g/mol. The number of hydrogen-bond acceptors (Lipinski definition) is 2. The second-order valence-electron chi connectivity index (χ2n) is 5.90. The minimum Gasteiger partial charge on any atom is -0.299 e. The fraction of sp³-hybridized carbons (Fsp3) is 0.611. The van der Waals surface area contributed by atoms with Crippen LogP contribution in [0.3, 0.4) is 0 Å². The van der Waals surface area contributed by atoms with Crippen molar-refractivity contribution in [3.63, 3.8) is 0 Å². The largest absolute Gasteiger partial charge is 0.299 e. The van der Waals surface area contributed by atoms with Gasteiger partial charge in [0, 0.05) is 12.3 Å². The van der Waals surface area contributed by atoms with Crippen LogP contribution in [0.1, 0.15) is 52.2 Å². The van der Waals surface area contributed by atoms with E-state index in [0.29, 0.717) is 5.92 Å². The normalized spacial score (nSPS) is 12.5. The molecular weight excluding hydrogens is 244 g/mol. The predicted octanol–water partition coefficient (Wildman–Crippen LogP) is 4.98. The summed E-state index contributed by atoms with van der Waals surface area (Å²) < 4.78 is 0. The van der Waals surface area contributed by atoms with E-state index in [1.807, 2.05) is 0 Å². The van der Waals surface area contributed by atoms with Gasteiger partial charge in [-0.3, -0.25) is 9.89 Å². The van der Waals surface area contributed by atoms with E-state index in [9.17, 15) is 0 Å². The highest BCUT2D eigenvalue weighted by Gasteiger charge is 2.06. The van der Waals surface area contributed by atoms with Gasteiger partial charge >= 0.3 is 0 Å². The van der Waals surface area contributed by atoms with E-state index in [-0.39, 0.29) is 0 Å². The minimum absolute atomic E-state index is 0.505. The molecule has 2 nitrogen and oxygen atoms in total. The molecule has 0 bridgehead atoms. The van der Waals surface area contributed by atoms with Crippen LogP contribution in [-0.4, -0.2) is 23.7 Å². The Hall–Kier alpha value is -1.15. The second-order valence-corrected chi connectivity index (χ2v) is 5.90. The van der Waals surface area contributed by atoms with Crippen molar-refractivity contribution in [3.05, 3.63) is 29.3 Å². The van der Waals surface area contributed by atoms with Crippen LogP contribution in [0, 0.1) is 12.8 Å². The molecule has 112 valence electrons. The Labute approximate surface area is 124 Å². The Bertz CT molecular complexity index is 447. The van der Waals surface area contributed by atoms with Crippen molar-refractivity contribution in [1.29, 1.82) is 0 Å². The molecule has 1 aromatic rings. The maximum Gasteiger partial charge on any atom is 0.0661 e. The molecule has 0 heterocycles. The molecule has 0 aliphatic rings. The third kappa shape index (κ3) is 5.09. The maximum absolute atomic E-state index is 4.80. The first-order chi connectivity index (χ1) is 9.47. The van der Waals surface area contributed by atoms with Crippen molar-refractivity contribution in [3.8, 4) is 0 Å². The highest BCUT2D eigenvalue weighted by molar-refractivity contribution is 5.86. The molecule has 0 unspecified atom stereocenters. The highest BCUT2D eigenvalue weighted by Crippen LogP contribution is 2.22. The summed E-state index contributed by atoms with van der Waals surface area (Å²) in [6.07, 6.45) is 1.21. The van der Waals surface area contributed by atoms with Crippen LogP contribution >= 0.6 is 0 Å². The zero-order chi connectivity index (χ0) is 15.1. The molecule has 0 saturated heterocycles. The summed E-state index contributed by atoms with van der Waals surface area (Å²) in [5, 5.41) is 0. The second kappa shape index (κ2) is 8.21. The van der Waals surface area contributed by atoms with Gasteiger partial charge in [-0.1, -0.05) is 39.8 Å². The van der Waals surface area contributed by atoms with Crippen LogP contribution in [0.25, 0.3) is 0 Å². The van der Waals surface area contributed by atoms with Gasteiger partial charge in [0.25, 0.3) is 0 Å². The third-order valence-electron chi connectivity index (χ3n) is 3.80. The number of hydrogen-bond donors (Lipinski definition) is 0. The lowest BCUT2D eigenvalue weighted by atomic mass is 10.1. The summed E-state index contributed by atoms with van der Waals surface area (Å²) in [4.78, 5) is 7.28. The van der Waals surface area contributed by atoms with E-state index >= 15 is 0 Å². The first-order valence-corrected chi connectivity index (χ1v) is 7.85. The molecule has 0 aromatic heterocycles. The average Bonchev–Trinajstić information content (AvgIpc) is 2.41. The summed E-state index contributed by atoms with van der Waals surface area (Å²) in [7, 11) is 0. The molecular formula is C18H30N2. The van der Waals surface area contributed by atoms with Crippen molar-refractivity contribution in [1.82, 2.24) is 4.90 Å². The summed E-state index contributed by atoms with van der Waals surface area (Å²) >= 11 is 0. The van der Waals surface area contributed by atoms with Gasteiger partial charge in [0.2, 0.25) is 0 Å². The molecule has 0 aliphatic carbocycles.